The summed E-state index contributed by atoms with van der Waals surface area (Å²) < 4.78 is 0. The topological polar surface area (TPSA) is 230 Å². The van der Waals surface area contributed by atoms with E-state index in [0.29, 0.717) is 0 Å². The van der Waals surface area contributed by atoms with Gasteiger partial charge in [-0.3, -0.25) is 19.2 Å². The molecule has 0 radical (unpaired) electrons. The second-order valence-corrected chi connectivity index (χ2v) is 23.9. The fraction of sp³-hybridized carbons (Fsp3) is 0.942. The number of aliphatic hydroxyl groups excluding tert-OH is 4. The Morgan fingerprint density at radius 3 is 0.432 bits per heavy atom. The summed E-state index contributed by atoms with van der Waals surface area (Å²) >= 11 is 0. The lowest BCUT2D eigenvalue weighted by atomic mass is 9.93. The van der Waals surface area contributed by atoms with Gasteiger partial charge in [0.2, 0.25) is 0 Å². The van der Waals surface area contributed by atoms with Crippen molar-refractivity contribution in [3.05, 3.63) is 0 Å². The Kier molecular flexibility index (Phi) is 77.8. The Labute approximate surface area is 501 Å². The predicted molar refractivity (Wildman–Crippen MR) is 342 cm³/mol. The van der Waals surface area contributed by atoms with Crippen LogP contribution >= 0.6 is 0 Å². The molecule has 12 nitrogen and oxygen atoms in total. The van der Waals surface area contributed by atoms with Gasteiger partial charge >= 0.3 is 23.9 Å². The minimum absolute atomic E-state index is 0.0898. The monoisotopic (exact) mass is 1160 g/mol. The van der Waals surface area contributed by atoms with Crippen LogP contribution in [0.2, 0.25) is 0 Å². The minimum atomic E-state index is -1.11. The maximum Gasteiger partial charge on any atom is 0.306 e. The lowest BCUT2D eigenvalue weighted by Gasteiger charge is -2.23. The Morgan fingerprint density at radius 1 is 0.222 bits per heavy atom. The van der Waals surface area contributed by atoms with E-state index in [1.54, 1.807) is 0 Å². The van der Waals surface area contributed by atoms with Crippen LogP contribution in [0.15, 0.2) is 0 Å². The highest BCUT2D eigenvalue weighted by Gasteiger charge is 2.26. The first-order valence-corrected chi connectivity index (χ1v) is 34.5. The van der Waals surface area contributed by atoms with E-state index >= 15 is 0 Å². The maximum atomic E-state index is 11.1. The van der Waals surface area contributed by atoms with Gasteiger partial charge in [0.1, 0.15) is 0 Å². The maximum absolute atomic E-state index is 11.1. The number of hydrogen-bond donors (Lipinski definition) is 8. The van der Waals surface area contributed by atoms with E-state index in [1.807, 2.05) is 0 Å². The number of hydrogen-bond acceptors (Lipinski definition) is 8. The van der Waals surface area contributed by atoms with E-state index < -0.39 is 55.7 Å². The molecule has 81 heavy (non-hydrogen) atoms. The summed E-state index contributed by atoms with van der Waals surface area (Å²) in [5.41, 5.74) is -1.11. The van der Waals surface area contributed by atoms with Gasteiger partial charge < -0.3 is 40.9 Å². The van der Waals surface area contributed by atoms with Crippen LogP contribution in [0.25, 0.3) is 0 Å². The number of aliphatic carboxylic acids is 4. The first-order valence-electron chi connectivity index (χ1n) is 34.5. The van der Waals surface area contributed by atoms with Gasteiger partial charge in [-0.2, -0.15) is 0 Å². The molecule has 0 amide bonds. The van der Waals surface area contributed by atoms with Crippen LogP contribution in [0.3, 0.4) is 0 Å². The molecule has 0 heterocycles. The quantitative estimate of drug-likeness (QED) is 0.0266. The summed E-state index contributed by atoms with van der Waals surface area (Å²) in [5.74, 6) is -2.69. The van der Waals surface area contributed by atoms with Gasteiger partial charge in [0, 0.05) is 0 Å². The van der Waals surface area contributed by atoms with Crippen LogP contribution in [-0.4, -0.2) is 91.2 Å². The van der Waals surface area contributed by atoms with Crippen molar-refractivity contribution < 1.29 is 60.0 Å². The second kappa shape index (κ2) is 72.0. The number of unbranched alkanes of at least 4 members (excludes halogenated alkanes) is 32. The zero-order valence-electron chi connectivity index (χ0n) is 54.8. The zero-order chi connectivity index (χ0) is 61.9. The lowest BCUT2D eigenvalue weighted by Crippen LogP contribution is -2.37. The van der Waals surface area contributed by atoms with Gasteiger partial charge in [0.15, 0.2) is 0 Å². The highest BCUT2D eigenvalue weighted by atomic mass is 16.4. The van der Waals surface area contributed by atoms with Gasteiger partial charge in [0.05, 0.1) is 55.5 Å². The van der Waals surface area contributed by atoms with E-state index in [2.05, 4.69) is 55.4 Å². The van der Waals surface area contributed by atoms with Crippen LogP contribution in [0.4, 0.5) is 0 Å². The van der Waals surface area contributed by atoms with Crippen molar-refractivity contribution in [3.8, 4) is 0 Å². The molecule has 0 aromatic carbocycles. The molecule has 0 aliphatic carbocycles. The van der Waals surface area contributed by atoms with Crippen molar-refractivity contribution in [1.82, 2.24) is 0 Å². The number of aliphatic hydroxyl groups is 4. The summed E-state index contributed by atoms with van der Waals surface area (Å²) in [5, 5.41) is 70.7. The van der Waals surface area contributed by atoms with Crippen molar-refractivity contribution in [1.29, 1.82) is 0 Å². The molecule has 0 aliphatic rings. The molecule has 4 atom stereocenters. The van der Waals surface area contributed by atoms with Crippen LogP contribution in [0.5, 0.6) is 0 Å². The third kappa shape index (κ3) is 66.7. The van der Waals surface area contributed by atoms with Gasteiger partial charge in [-0.25, -0.2) is 0 Å². The second-order valence-electron chi connectivity index (χ2n) is 23.9. The van der Waals surface area contributed by atoms with Crippen LogP contribution in [0, 0.1) is 29.1 Å². The van der Waals surface area contributed by atoms with Gasteiger partial charge in [0.25, 0.3) is 0 Å². The van der Waals surface area contributed by atoms with Crippen molar-refractivity contribution >= 4 is 23.9 Å². The fourth-order valence-corrected chi connectivity index (χ4v) is 9.82. The molecular weight excluding hydrogens is 1020 g/mol. The van der Waals surface area contributed by atoms with Crippen LogP contribution in [-0.2, 0) is 19.2 Å². The third-order valence-corrected chi connectivity index (χ3v) is 16.0. The molecule has 0 fully saturated rings. The van der Waals surface area contributed by atoms with E-state index in [9.17, 15) is 39.6 Å². The van der Waals surface area contributed by atoms with Crippen LogP contribution < -0.4 is 0 Å². The standard InChI is InChI=1S/4C16H32O2.C5H12O4/c4*1-3-5-7-9-10-12-14-15(16(17)18)13-11-8-6-4-2;6-1-5(2-7,3-8)4-9/h4*15H,3-14H2,1-2H3,(H,17,18);6-9H,1-4H2. The molecule has 0 aliphatic heterocycles. The Balaban J connectivity index is -0.000000302. The first-order chi connectivity index (χ1) is 39.1. The summed E-state index contributed by atoms with van der Waals surface area (Å²) in [4.78, 5) is 44.5. The highest BCUT2D eigenvalue weighted by molar-refractivity contribution is 5.70. The first kappa shape index (κ1) is 87.5. The van der Waals surface area contributed by atoms with Crippen molar-refractivity contribution in [2.24, 2.45) is 29.1 Å². The van der Waals surface area contributed by atoms with E-state index in [1.165, 1.54) is 205 Å². The Bertz CT molecular complexity index is 1070. The minimum Gasteiger partial charge on any atom is -0.481 e. The van der Waals surface area contributed by atoms with Crippen LogP contribution in [0.1, 0.15) is 364 Å². The molecule has 4 unspecified atom stereocenters. The molecule has 0 rings (SSSR count). The number of carboxylic acid groups (broad SMARTS) is 4. The number of carboxylic acids is 4. The molecule has 0 bridgehead atoms. The normalized spacial score (nSPS) is 12.5. The molecule has 0 saturated carbocycles. The molecule has 0 spiro atoms. The van der Waals surface area contributed by atoms with E-state index in [-0.39, 0.29) is 23.7 Å². The Morgan fingerprint density at radius 2 is 0.333 bits per heavy atom. The largest absolute Gasteiger partial charge is 0.481 e. The zero-order valence-corrected chi connectivity index (χ0v) is 54.8. The van der Waals surface area contributed by atoms with Crippen molar-refractivity contribution in [3.63, 3.8) is 0 Å². The summed E-state index contributed by atoms with van der Waals surface area (Å²) in [7, 11) is 0. The van der Waals surface area contributed by atoms with Gasteiger partial charge in [-0.1, -0.05) is 312 Å². The molecular formula is C69H140O12. The van der Waals surface area contributed by atoms with Crippen molar-refractivity contribution in [2.45, 2.75) is 364 Å². The lowest BCUT2D eigenvalue weighted by molar-refractivity contribution is -0.143. The Hall–Kier alpha value is -2.28. The fourth-order valence-electron chi connectivity index (χ4n) is 9.82. The van der Waals surface area contributed by atoms with E-state index in [4.69, 9.17) is 20.4 Å². The summed E-state index contributed by atoms with van der Waals surface area (Å²) in [6.07, 6.45) is 55.9. The van der Waals surface area contributed by atoms with Crippen molar-refractivity contribution in [2.75, 3.05) is 26.4 Å². The molecule has 12 heteroatoms. The highest BCUT2D eigenvalue weighted by Crippen LogP contribution is 2.23. The summed E-state index contributed by atoms with van der Waals surface area (Å²) in [6, 6.07) is 0. The molecule has 0 aromatic heterocycles. The van der Waals surface area contributed by atoms with Gasteiger partial charge in [-0.05, 0) is 51.4 Å². The van der Waals surface area contributed by atoms with Gasteiger partial charge in [-0.15, -0.1) is 0 Å². The molecule has 0 aromatic rings. The molecule has 0 saturated heterocycles. The SMILES string of the molecule is CCCCCCCCC(CCCCCC)C(=O)O.CCCCCCCCC(CCCCCC)C(=O)O.CCCCCCCCC(CCCCCC)C(=O)O.CCCCCCCCC(CCCCCC)C(=O)O.OCC(CO)(CO)CO. The number of carbonyl (C=O) groups is 4. The van der Waals surface area contributed by atoms with E-state index in [0.717, 1.165) is 103 Å². The summed E-state index contributed by atoms with van der Waals surface area (Å²) in [6.45, 7) is 16.0. The average Bonchev–Trinajstić information content (AvgIpc) is 3.45. The third-order valence-electron chi connectivity index (χ3n) is 16.0. The average molecular weight is 1160 g/mol. The smallest absolute Gasteiger partial charge is 0.306 e. The molecule has 8 N–H and O–H groups in total. The molecule has 488 valence electrons. The predicted octanol–water partition coefficient (Wildman–Crippen LogP) is 19.6. The number of rotatable bonds is 56.